The quantitative estimate of drug-likeness (QED) is 0.749. The molecule has 1 aromatic carbocycles. The monoisotopic (exact) mass is 352 g/mol. The summed E-state index contributed by atoms with van der Waals surface area (Å²) in [6.07, 6.45) is 6.64. The molecule has 3 heteroatoms. The smallest absolute Gasteiger partial charge is 0.0417 e. The number of hydrogen-bond acceptors (Lipinski definition) is 2. The van der Waals surface area contributed by atoms with E-state index < -0.39 is 0 Å². The maximum absolute atomic E-state index is 3.64. The summed E-state index contributed by atoms with van der Waals surface area (Å²) >= 11 is 3.64. The van der Waals surface area contributed by atoms with E-state index >= 15 is 0 Å². The minimum Gasteiger partial charge on any atom is -0.368 e. The molecule has 0 aliphatic carbocycles. The second-order valence-electron chi connectivity index (χ2n) is 6.11. The van der Waals surface area contributed by atoms with E-state index in [9.17, 15) is 0 Å². The van der Waals surface area contributed by atoms with E-state index in [0.29, 0.717) is 6.04 Å². The molecule has 0 bridgehead atoms. The van der Waals surface area contributed by atoms with Crippen LogP contribution in [-0.2, 0) is 0 Å². The van der Waals surface area contributed by atoms with Crippen LogP contribution in [0.3, 0.4) is 0 Å². The number of nitrogens with zero attached hydrogens (tertiary/aromatic N) is 1. The topological polar surface area (TPSA) is 15.3 Å². The first-order valence-corrected chi connectivity index (χ1v) is 9.26. The summed E-state index contributed by atoms with van der Waals surface area (Å²) in [6, 6.07) is 7.90. The fourth-order valence-corrected chi connectivity index (χ4v) is 3.88. The van der Waals surface area contributed by atoms with Crippen molar-refractivity contribution in [1.29, 1.82) is 0 Å². The largest absolute Gasteiger partial charge is 0.368 e. The lowest BCUT2D eigenvalue weighted by atomic mass is 9.95. The van der Waals surface area contributed by atoms with Crippen molar-refractivity contribution in [3.05, 3.63) is 28.2 Å². The van der Waals surface area contributed by atoms with Gasteiger partial charge in [0.05, 0.1) is 0 Å². The van der Waals surface area contributed by atoms with Gasteiger partial charge in [-0.05, 0) is 62.9 Å². The number of anilines is 1. The lowest BCUT2D eigenvalue weighted by molar-refractivity contribution is 0.432. The van der Waals surface area contributed by atoms with Crippen molar-refractivity contribution in [2.45, 2.75) is 65.0 Å². The van der Waals surface area contributed by atoms with Gasteiger partial charge in [0.15, 0.2) is 0 Å². The highest BCUT2D eigenvalue weighted by molar-refractivity contribution is 9.10. The second kappa shape index (κ2) is 8.19. The average Bonchev–Trinajstić information content (AvgIpc) is 2.48. The van der Waals surface area contributed by atoms with Crippen LogP contribution in [0.2, 0.25) is 0 Å². The van der Waals surface area contributed by atoms with Gasteiger partial charge in [-0.2, -0.15) is 0 Å². The van der Waals surface area contributed by atoms with E-state index in [4.69, 9.17) is 0 Å². The third kappa shape index (κ3) is 4.23. The number of hydrogen-bond donors (Lipinski definition) is 1. The van der Waals surface area contributed by atoms with Gasteiger partial charge in [0.1, 0.15) is 0 Å². The van der Waals surface area contributed by atoms with Crippen LogP contribution in [0.5, 0.6) is 0 Å². The Morgan fingerprint density at radius 1 is 1.33 bits per heavy atom. The first-order valence-electron chi connectivity index (χ1n) is 8.46. The molecule has 1 aliphatic heterocycles. The van der Waals surface area contributed by atoms with Crippen molar-refractivity contribution < 1.29 is 0 Å². The fourth-order valence-electron chi connectivity index (χ4n) is 3.50. The molecule has 0 spiro atoms. The zero-order valence-corrected chi connectivity index (χ0v) is 15.2. The molecule has 118 valence electrons. The van der Waals surface area contributed by atoms with Crippen molar-refractivity contribution in [3.8, 4) is 0 Å². The number of rotatable bonds is 6. The van der Waals surface area contributed by atoms with Gasteiger partial charge in [0, 0.05) is 28.8 Å². The molecule has 2 rings (SSSR count). The number of piperidine rings is 1. The Balaban J connectivity index is 2.31. The lowest BCUT2D eigenvalue weighted by Gasteiger charge is -2.39. The Labute approximate surface area is 138 Å². The van der Waals surface area contributed by atoms with Crippen LogP contribution >= 0.6 is 15.9 Å². The summed E-state index contributed by atoms with van der Waals surface area (Å²) < 4.78 is 1.18. The molecule has 1 aromatic rings. The standard InChI is InChI=1S/C18H29BrN2/c1-4-8-16-9-6-7-12-21(16)18-11-10-15(19)13-17(18)14(3)20-5-2/h10-11,13-14,16,20H,4-9,12H2,1-3H3. The van der Waals surface area contributed by atoms with Crippen LogP contribution in [-0.4, -0.2) is 19.1 Å². The summed E-state index contributed by atoms with van der Waals surface area (Å²) in [5.41, 5.74) is 2.86. The molecule has 21 heavy (non-hydrogen) atoms. The minimum absolute atomic E-state index is 0.395. The Kier molecular flexibility index (Phi) is 6.56. The molecule has 1 aliphatic rings. The van der Waals surface area contributed by atoms with E-state index in [0.717, 1.165) is 12.6 Å². The predicted octanol–water partition coefficient (Wildman–Crippen LogP) is 5.28. The van der Waals surface area contributed by atoms with E-state index in [1.807, 2.05) is 0 Å². The average molecular weight is 353 g/mol. The molecule has 0 amide bonds. The Bertz CT molecular complexity index is 445. The van der Waals surface area contributed by atoms with Crippen LogP contribution in [0, 0.1) is 0 Å². The van der Waals surface area contributed by atoms with Gasteiger partial charge in [0.2, 0.25) is 0 Å². The summed E-state index contributed by atoms with van der Waals surface area (Å²) in [5.74, 6) is 0. The molecule has 1 N–H and O–H groups in total. The zero-order chi connectivity index (χ0) is 15.2. The van der Waals surface area contributed by atoms with Crippen LogP contribution < -0.4 is 10.2 Å². The Morgan fingerprint density at radius 3 is 2.86 bits per heavy atom. The summed E-state index contributed by atoms with van der Waals surface area (Å²) in [5, 5.41) is 3.57. The number of benzene rings is 1. The molecule has 1 heterocycles. The molecule has 2 atom stereocenters. The molecule has 0 aromatic heterocycles. The Morgan fingerprint density at radius 2 is 2.14 bits per heavy atom. The molecule has 1 fully saturated rings. The highest BCUT2D eigenvalue weighted by Gasteiger charge is 2.25. The molecule has 0 radical (unpaired) electrons. The first-order chi connectivity index (χ1) is 10.2. The molecule has 2 nitrogen and oxygen atoms in total. The molecule has 2 unspecified atom stereocenters. The van der Waals surface area contributed by atoms with Crippen molar-refractivity contribution in [1.82, 2.24) is 5.32 Å². The minimum atomic E-state index is 0.395. The molecular weight excluding hydrogens is 324 g/mol. The van der Waals surface area contributed by atoms with E-state index in [1.54, 1.807) is 0 Å². The van der Waals surface area contributed by atoms with Crippen LogP contribution in [0.1, 0.15) is 64.5 Å². The van der Waals surface area contributed by atoms with Gasteiger partial charge in [-0.3, -0.25) is 0 Å². The van der Waals surface area contributed by atoms with Crippen molar-refractivity contribution in [2.24, 2.45) is 0 Å². The predicted molar refractivity (Wildman–Crippen MR) is 96.1 cm³/mol. The summed E-state index contributed by atoms with van der Waals surface area (Å²) in [6.45, 7) is 8.96. The maximum atomic E-state index is 3.64. The van der Waals surface area contributed by atoms with E-state index in [2.05, 4.69) is 65.1 Å². The zero-order valence-electron chi connectivity index (χ0n) is 13.7. The summed E-state index contributed by atoms with van der Waals surface area (Å²) in [7, 11) is 0. The van der Waals surface area contributed by atoms with Crippen molar-refractivity contribution in [2.75, 3.05) is 18.0 Å². The number of halogens is 1. The van der Waals surface area contributed by atoms with Crippen LogP contribution in [0.25, 0.3) is 0 Å². The van der Waals surface area contributed by atoms with Crippen molar-refractivity contribution in [3.63, 3.8) is 0 Å². The third-order valence-corrected chi connectivity index (χ3v) is 5.02. The number of nitrogens with one attached hydrogen (secondary N) is 1. The summed E-state index contributed by atoms with van der Waals surface area (Å²) in [4.78, 5) is 2.67. The molecule has 0 saturated carbocycles. The molecule has 1 saturated heterocycles. The maximum Gasteiger partial charge on any atom is 0.0417 e. The second-order valence-corrected chi connectivity index (χ2v) is 7.03. The SMILES string of the molecule is CCCC1CCCCN1c1ccc(Br)cc1C(C)NCC. The normalized spacial score (nSPS) is 20.6. The Hall–Kier alpha value is -0.540. The van der Waals surface area contributed by atoms with Gasteiger partial charge in [-0.25, -0.2) is 0 Å². The van der Waals surface area contributed by atoms with Crippen molar-refractivity contribution >= 4 is 21.6 Å². The van der Waals surface area contributed by atoms with E-state index in [1.165, 1.54) is 54.4 Å². The van der Waals surface area contributed by atoms with Gasteiger partial charge >= 0.3 is 0 Å². The molecular formula is C18H29BrN2. The van der Waals surface area contributed by atoms with Crippen LogP contribution in [0.15, 0.2) is 22.7 Å². The third-order valence-electron chi connectivity index (χ3n) is 4.52. The van der Waals surface area contributed by atoms with Gasteiger partial charge in [-0.1, -0.05) is 36.2 Å². The van der Waals surface area contributed by atoms with Gasteiger partial charge < -0.3 is 10.2 Å². The van der Waals surface area contributed by atoms with Gasteiger partial charge in [-0.15, -0.1) is 0 Å². The fraction of sp³-hybridized carbons (Fsp3) is 0.667. The first kappa shape index (κ1) is 16.8. The van der Waals surface area contributed by atoms with Crippen LogP contribution in [0.4, 0.5) is 5.69 Å². The highest BCUT2D eigenvalue weighted by Crippen LogP contribution is 2.34. The highest BCUT2D eigenvalue weighted by atomic mass is 79.9. The lowest BCUT2D eigenvalue weighted by Crippen LogP contribution is -2.40. The van der Waals surface area contributed by atoms with E-state index in [-0.39, 0.29) is 0 Å². The van der Waals surface area contributed by atoms with Gasteiger partial charge in [0.25, 0.3) is 0 Å².